The molecular formula is C22H25ClN4O2. The molecule has 152 valence electrons. The summed E-state index contributed by atoms with van der Waals surface area (Å²) < 4.78 is 1.39. The Bertz CT molecular complexity index is 1070. The van der Waals surface area contributed by atoms with Crippen molar-refractivity contribution < 1.29 is 4.79 Å². The van der Waals surface area contributed by atoms with Gasteiger partial charge >= 0.3 is 0 Å². The molecule has 1 aromatic heterocycles. The Labute approximate surface area is 175 Å². The number of rotatable bonds is 4. The molecule has 2 heterocycles. The van der Waals surface area contributed by atoms with E-state index in [0.29, 0.717) is 42.0 Å². The molecule has 1 aliphatic heterocycles. The van der Waals surface area contributed by atoms with Gasteiger partial charge < -0.3 is 10.6 Å². The van der Waals surface area contributed by atoms with E-state index in [-0.39, 0.29) is 29.9 Å². The minimum atomic E-state index is -0.190. The lowest BCUT2D eigenvalue weighted by Crippen LogP contribution is -2.37. The maximum atomic E-state index is 13.4. The van der Waals surface area contributed by atoms with Gasteiger partial charge in [0.25, 0.3) is 11.5 Å². The van der Waals surface area contributed by atoms with Gasteiger partial charge in [0, 0.05) is 18.0 Å². The van der Waals surface area contributed by atoms with Crippen LogP contribution in [0.2, 0.25) is 0 Å². The molecule has 0 bridgehead atoms. The Morgan fingerprint density at radius 1 is 1.10 bits per heavy atom. The molecule has 0 radical (unpaired) electrons. The summed E-state index contributed by atoms with van der Waals surface area (Å²) in [5.74, 6) is 0.168. The fourth-order valence-corrected chi connectivity index (χ4v) is 3.99. The van der Waals surface area contributed by atoms with Gasteiger partial charge in [0.2, 0.25) is 0 Å². The van der Waals surface area contributed by atoms with Crippen LogP contribution >= 0.6 is 12.4 Å². The van der Waals surface area contributed by atoms with E-state index in [9.17, 15) is 9.59 Å². The molecule has 1 aliphatic rings. The van der Waals surface area contributed by atoms with Crippen molar-refractivity contribution in [2.45, 2.75) is 25.9 Å². The highest BCUT2D eigenvalue weighted by Crippen LogP contribution is 2.25. The smallest absolute Gasteiger partial charge is 0.275 e. The quantitative estimate of drug-likeness (QED) is 0.714. The Balaban J connectivity index is 0.00000240. The molecule has 29 heavy (non-hydrogen) atoms. The highest BCUT2D eigenvalue weighted by molar-refractivity contribution is 6.05. The summed E-state index contributed by atoms with van der Waals surface area (Å²) in [5, 5.41) is 5.62. The zero-order valence-electron chi connectivity index (χ0n) is 16.3. The number of amides is 1. The van der Waals surface area contributed by atoms with Crippen LogP contribution in [0, 0.1) is 5.92 Å². The monoisotopic (exact) mass is 412 g/mol. The number of halogens is 1. The first-order valence-corrected chi connectivity index (χ1v) is 9.63. The second kappa shape index (κ2) is 8.76. The Morgan fingerprint density at radius 2 is 1.76 bits per heavy atom. The first kappa shape index (κ1) is 21.0. The second-order valence-electron chi connectivity index (χ2n) is 7.49. The zero-order chi connectivity index (χ0) is 19.7. The third-order valence-electron chi connectivity index (χ3n) is 5.50. The minimum absolute atomic E-state index is 0. The van der Waals surface area contributed by atoms with Gasteiger partial charge in [-0.15, -0.1) is 12.4 Å². The number of hydrogen-bond acceptors (Lipinski definition) is 4. The van der Waals surface area contributed by atoms with Crippen molar-refractivity contribution in [2.24, 2.45) is 11.7 Å². The van der Waals surface area contributed by atoms with Crippen LogP contribution in [-0.4, -0.2) is 39.7 Å². The molecule has 2 atom stereocenters. The first-order chi connectivity index (χ1) is 13.6. The molecule has 7 heteroatoms. The first-order valence-electron chi connectivity index (χ1n) is 9.63. The lowest BCUT2D eigenvalue weighted by Gasteiger charge is -2.22. The van der Waals surface area contributed by atoms with Crippen LogP contribution in [0.15, 0.2) is 59.4 Å². The van der Waals surface area contributed by atoms with Crippen molar-refractivity contribution in [3.05, 3.63) is 76.2 Å². The van der Waals surface area contributed by atoms with E-state index >= 15 is 0 Å². The van der Waals surface area contributed by atoms with Gasteiger partial charge in [-0.1, -0.05) is 48.5 Å². The van der Waals surface area contributed by atoms with Gasteiger partial charge in [-0.3, -0.25) is 9.59 Å². The number of likely N-dealkylation sites (tertiary alicyclic amines) is 1. The molecule has 2 unspecified atom stereocenters. The second-order valence-corrected chi connectivity index (χ2v) is 7.49. The van der Waals surface area contributed by atoms with Crippen molar-refractivity contribution in [3.8, 4) is 0 Å². The summed E-state index contributed by atoms with van der Waals surface area (Å²) in [4.78, 5) is 28.1. The minimum Gasteiger partial charge on any atom is -0.334 e. The highest BCUT2D eigenvalue weighted by atomic mass is 35.5. The third kappa shape index (κ3) is 4.04. The molecule has 2 aromatic carbocycles. The number of carbonyl (C=O) groups is 1. The number of aromatic nitrogens is 2. The van der Waals surface area contributed by atoms with Crippen LogP contribution in [-0.2, 0) is 6.54 Å². The third-order valence-corrected chi connectivity index (χ3v) is 5.50. The largest absolute Gasteiger partial charge is 0.334 e. The fourth-order valence-electron chi connectivity index (χ4n) is 3.99. The summed E-state index contributed by atoms with van der Waals surface area (Å²) in [5.41, 5.74) is 6.92. The summed E-state index contributed by atoms with van der Waals surface area (Å²) >= 11 is 0. The summed E-state index contributed by atoms with van der Waals surface area (Å²) in [7, 11) is 0. The van der Waals surface area contributed by atoms with Crippen LogP contribution in [0.4, 0.5) is 0 Å². The van der Waals surface area contributed by atoms with Gasteiger partial charge in [-0.25, -0.2) is 4.68 Å². The van der Waals surface area contributed by atoms with Crippen molar-refractivity contribution in [1.29, 1.82) is 0 Å². The number of nitrogens with zero attached hydrogens (tertiary/aromatic N) is 3. The van der Waals surface area contributed by atoms with E-state index in [0.717, 1.165) is 12.0 Å². The normalized spacial score (nSPS) is 18.6. The Hall–Kier alpha value is -2.70. The molecule has 4 rings (SSSR count). The van der Waals surface area contributed by atoms with E-state index < -0.39 is 0 Å². The molecule has 2 N–H and O–H groups in total. The molecule has 0 spiro atoms. The molecule has 1 saturated heterocycles. The van der Waals surface area contributed by atoms with E-state index in [1.165, 1.54) is 4.68 Å². The van der Waals surface area contributed by atoms with Crippen LogP contribution < -0.4 is 11.3 Å². The van der Waals surface area contributed by atoms with Crippen molar-refractivity contribution in [2.75, 3.05) is 13.1 Å². The van der Waals surface area contributed by atoms with Gasteiger partial charge in [0.05, 0.1) is 11.9 Å². The van der Waals surface area contributed by atoms with Crippen LogP contribution in [0.1, 0.15) is 29.4 Å². The number of hydrogen-bond donors (Lipinski definition) is 1. The maximum Gasteiger partial charge on any atom is 0.275 e. The topological polar surface area (TPSA) is 81.2 Å². The van der Waals surface area contributed by atoms with E-state index in [4.69, 9.17) is 5.73 Å². The molecule has 1 amide bonds. The van der Waals surface area contributed by atoms with Crippen molar-refractivity contribution in [3.63, 3.8) is 0 Å². The predicted octanol–water partition coefficient (Wildman–Crippen LogP) is 2.68. The molecule has 0 saturated carbocycles. The van der Waals surface area contributed by atoms with Gasteiger partial charge in [0.1, 0.15) is 0 Å². The molecule has 0 aliphatic carbocycles. The van der Waals surface area contributed by atoms with E-state index in [1.54, 1.807) is 12.1 Å². The number of fused-ring (bicyclic) bond motifs is 1. The van der Waals surface area contributed by atoms with Crippen LogP contribution in [0.25, 0.3) is 10.8 Å². The van der Waals surface area contributed by atoms with Crippen molar-refractivity contribution in [1.82, 2.24) is 14.7 Å². The summed E-state index contributed by atoms with van der Waals surface area (Å²) in [6.07, 6.45) is 0.893. The zero-order valence-corrected chi connectivity index (χ0v) is 17.1. The number of nitrogens with two attached hydrogens (primary N) is 1. The highest BCUT2D eigenvalue weighted by Gasteiger charge is 2.33. The van der Waals surface area contributed by atoms with Crippen molar-refractivity contribution >= 4 is 29.1 Å². The molecule has 1 fully saturated rings. The summed E-state index contributed by atoms with van der Waals surface area (Å²) in [6.45, 7) is 3.56. The standard InChI is InChI=1S/C22H24N4O2.ClH/c1-15-11-17(12-23)13-25(15)22(28)20-18-9-5-6-10-19(18)21(27)26(24-20)14-16-7-3-2-4-8-16;/h2-10,15,17H,11-14,23H2,1H3;1H. The fraction of sp³-hybridized carbons (Fsp3) is 0.318. The Morgan fingerprint density at radius 3 is 2.41 bits per heavy atom. The van der Waals surface area contributed by atoms with Crippen LogP contribution in [0.5, 0.6) is 0 Å². The average molecular weight is 413 g/mol. The van der Waals surface area contributed by atoms with Gasteiger partial charge in [0.15, 0.2) is 5.69 Å². The van der Waals surface area contributed by atoms with Gasteiger partial charge in [-0.05, 0) is 37.4 Å². The SMILES string of the molecule is CC1CC(CN)CN1C(=O)c1nn(Cc2ccccc2)c(=O)c2ccccc12.Cl. The molecule has 3 aromatic rings. The Kier molecular flexibility index (Phi) is 6.35. The summed E-state index contributed by atoms with van der Waals surface area (Å²) in [6, 6.07) is 17.0. The molecular weight excluding hydrogens is 388 g/mol. The number of benzene rings is 2. The average Bonchev–Trinajstić information content (AvgIpc) is 3.11. The lowest BCUT2D eigenvalue weighted by molar-refractivity contribution is 0.0737. The lowest BCUT2D eigenvalue weighted by atomic mass is 10.1. The predicted molar refractivity (Wildman–Crippen MR) is 116 cm³/mol. The molecule has 6 nitrogen and oxygen atoms in total. The van der Waals surface area contributed by atoms with E-state index in [2.05, 4.69) is 5.10 Å². The van der Waals surface area contributed by atoms with E-state index in [1.807, 2.05) is 54.3 Å². The number of carbonyl (C=O) groups excluding carboxylic acids is 1. The maximum absolute atomic E-state index is 13.4. The van der Waals surface area contributed by atoms with Gasteiger partial charge in [-0.2, -0.15) is 5.10 Å². The van der Waals surface area contributed by atoms with Crippen LogP contribution in [0.3, 0.4) is 0 Å².